The fourth-order valence-corrected chi connectivity index (χ4v) is 2.17. The van der Waals surface area contributed by atoms with E-state index < -0.39 is 0 Å². The highest BCUT2D eigenvalue weighted by Gasteiger charge is 2.23. The molecule has 0 atom stereocenters. The molecule has 0 amide bonds. The van der Waals surface area contributed by atoms with Crippen LogP contribution in [0.1, 0.15) is 37.7 Å². The lowest BCUT2D eigenvalue weighted by Crippen LogP contribution is -2.02. The largest absolute Gasteiger partial charge is 0.237 e. The van der Waals surface area contributed by atoms with Gasteiger partial charge in [-0.3, -0.25) is 0 Å². The van der Waals surface area contributed by atoms with Crippen LogP contribution >= 0.6 is 27.5 Å². The minimum Gasteiger partial charge on any atom is -0.237 e. The fourth-order valence-electron chi connectivity index (χ4n) is 1.59. The quantitative estimate of drug-likeness (QED) is 0.788. The van der Waals surface area contributed by atoms with Gasteiger partial charge in [0.15, 0.2) is 0 Å². The van der Waals surface area contributed by atoms with Crippen LogP contribution < -0.4 is 0 Å². The van der Waals surface area contributed by atoms with Gasteiger partial charge in [-0.05, 0) is 41.1 Å². The topological polar surface area (TPSA) is 25.8 Å². The summed E-state index contributed by atoms with van der Waals surface area (Å²) in [4.78, 5) is 8.86. The fraction of sp³-hybridized carbons (Fsp3) is 0.636. The molecule has 2 rings (SSSR count). The molecule has 0 aliphatic heterocycles. The van der Waals surface area contributed by atoms with Gasteiger partial charge in [0.25, 0.3) is 0 Å². The number of rotatable bonds is 4. The molecule has 82 valence electrons. The van der Waals surface area contributed by atoms with Crippen LogP contribution in [-0.4, -0.2) is 9.97 Å². The predicted molar refractivity (Wildman–Crippen MR) is 65.2 cm³/mol. The van der Waals surface area contributed by atoms with Gasteiger partial charge in [-0.2, -0.15) is 0 Å². The maximum Gasteiger partial charge on any atom is 0.147 e. The van der Waals surface area contributed by atoms with Gasteiger partial charge in [0.1, 0.15) is 11.0 Å². The maximum atomic E-state index is 6.06. The van der Waals surface area contributed by atoms with Crippen LogP contribution in [0.2, 0.25) is 5.15 Å². The minimum atomic E-state index is 0.559. The number of hydrogen-bond donors (Lipinski definition) is 0. The molecule has 0 bridgehead atoms. The Bertz CT molecular complexity index is 364. The van der Waals surface area contributed by atoms with Crippen molar-refractivity contribution in [3.8, 4) is 0 Å². The van der Waals surface area contributed by atoms with Crippen molar-refractivity contribution in [2.75, 3.05) is 0 Å². The van der Waals surface area contributed by atoms with Gasteiger partial charge in [0.2, 0.25) is 0 Å². The Kier molecular flexibility index (Phi) is 3.62. The highest BCUT2D eigenvalue weighted by atomic mass is 79.9. The van der Waals surface area contributed by atoms with Gasteiger partial charge >= 0.3 is 0 Å². The van der Waals surface area contributed by atoms with Crippen molar-refractivity contribution in [3.05, 3.63) is 21.1 Å². The van der Waals surface area contributed by atoms with E-state index in [0.717, 1.165) is 41.2 Å². The zero-order chi connectivity index (χ0) is 10.8. The lowest BCUT2D eigenvalue weighted by atomic mass is 10.2. The van der Waals surface area contributed by atoms with Crippen LogP contribution in [0.15, 0.2) is 4.47 Å². The zero-order valence-electron chi connectivity index (χ0n) is 8.76. The summed E-state index contributed by atoms with van der Waals surface area (Å²) in [6.07, 6.45) is 5.67. The van der Waals surface area contributed by atoms with Gasteiger partial charge < -0.3 is 0 Å². The van der Waals surface area contributed by atoms with Crippen LogP contribution in [0.4, 0.5) is 0 Å². The van der Waals surface area contributed by atoms with Crippen molar-refractivity contribution in [2.45, 2.75) is 39.0 Å². The summed E-state index contributed by atoms with van der Waals surface area (Å²) in [5.41, 5.74) is 1.05. The van der Waals surface area contributed by atoms with Crippen molar-refractivity contribution < 1.29 is 0 Å². The summed E-state index contributed by atoms with van der Waals surface area (Å²) in [6.45, 7) is 2.14. The summed E-state index contributed by atoms with van der Waals surface area (Å²) in [6, 6.07) is 0. The summed E-state index contributed by atoms with van der Waals surface area (Å²) >= 11 is 9.50. The smallest absolute Gasteiger partial charge is 0.147 e. The molecular formula is C11H14BrClN2. The first-order chi connectivity index (χ1) is 7.20. The van der Waals surface area contributed by atoms with Gasteiger partial charge in [0.05, 0.1) is 10.2 Å². The van der Waals surface area contributed by atoms with E-state index in [1.54, 1.807) is 0 Å². The molecule has 1 aliphatic rings. The normalized spacial score (nSPS) is 15.7. The van der Waals surface area contributed by atoms with E-state index in [1.807, 2.05) is 0 Å². The monoisotopic (exact) mass is 288 g/mol. The molecule has 0 spiro atoms. The van der Waals surface area contributed by atoms with Crippen LogP contribution in [0.3, 0.4) is 0 Å². The van der Waals surface area contributed by atoms with Crippen molar-refractivity contribution in [1.82, 2.24) is 9.97 Å². The second kappa shape index (κ2) is 4.79. The molecule has 2 nitrogen and oxygen atoms in total. The highest BCUT2D eigenvalue weighted by molar-refractivity contribution is 9.10. The molecule has 0 saturated heterocycles. The third kappa shape index (κ3) is 2.91. The number of aromatic nitrogens is 2. The molecular weight excluding hydrogens is 275 g/mol. The lowest BCUT2D eigenvalue weighted by Gasteiger charge is -2.06. The highest BCUT2D eigenvalue weighted by Crippen LogP contribution is 2.33. The first-order valence-corrected chi connectivity index (χ1v) is 6.58. The van der Waals surface area contributed by atoms with Gasteiger partial charge in [0, 0.05) is 6.42 Å². The molecule has 1 saturated carbocycles. The van der Waals surface area contributed by atoms with Crippen molar-refractivity contribution >= 4 is 27.5 Å². The Morgan fingerprint density at radius 2 is 2.13 bits per heavy atom. The number of hydrogen-bond acceptors (Lipinski definition) is 2. The van der Waals surface area contributed by atoms with Crippen molar-refractivity contribution in [1.29, 1.82) is 0 Å². The van der Waals surface area contributed by atoms with Crippen LogP contribution in [0.25, 0.3) is 0 Å². The van der Waals surface area contributed by atoms with E-state index in [9.17, 15) is 0 Å². The Morgan fingerprint density at radius 3 is 2.73 bits per heavy atom. The van der Waals surface area contributed by atoms with Crippen molar-refractivity contribution in [3.63, 3.8) is 0 Å². The molecule has 15 heavy (non-hydrogen) atoms. The third-order valence-corrected chi connectivity index (χ3v) is 3.92. The molecule has 0 N–H and O–H groups in total. The van der Waals surface area contributed by atoms with Gasteiger partial charge in [-0.1, -0.05) is 24.9 Å². The van der Waals surface area contributed by atoms with Gasteiger partial charge in [-0.25, -0.2) is 9.97 Å². The van der Waals surface area contributed by atoms with Gasteiger partial charge in [-0.15, -0.1) is 0 Å². The molecule has 0 aromatic carbocycles. The molecule has 0 radical (unpaired) electrons. The molecule has 1 aliphatic carbocycles. The number of aryl methyl sites for hydroxylation is 1. The second-order valence-corrected chi connectivity index (χ2v) is 5.24. The predicted octanol–water partition coefficient (Wildman–Crippen LogP) is 3.80. The molecule has 4 heteroatoms. The van der Waals surface area contributed by atoms with E-state index in [-0.39, 0.29) is 0 Å². The Labute approximate surface area is 104 Å². The summed E-state index contributed by atoms with van der Waals surface area (Å²) < 4.78 is 0.866. The Balaban J connectivity index is 2.23. The lowest BCUT2D eigenvalue weighted by molar-refractivity contribution is 0.746. The number of halogens is 2. The van der Waals surface area contributed by atoms with E-state index in [0.29, 0.717) is 5.15 Å². The molecule has 1 heterocycles. The third-order valence-electron chi connectivity index (χ3n) is 2.58. The summed E-state index contributed by atoms with van der Waals surface area (Å²) in [7, 11) is 0. The summed E-state index contributed by atoms with van der Waals surface area (Å²) in [5.74, 6) is 1.71. The molecule has 1 aromatic heterocycles. The average Bonchev–Trinajstić information content (AvgIpc) is 2.98. The molecule has 1 aromatic rings. The molecule has 0 unspecified atom stereocenters. The number of nitrogens with zero attached hydrogens (tertiary/aromatic N) is 2. The Hall–Kier alpha value is -0.150. The first-order valence-electron chi connectivity index (χ1n) is 5.41. The average molecular weight is 290 g/mol. The first kappa shape index (κ1) is 11.3. The van der Waals surface area contributed by atoms with Crippen molar-refractivity contribution in [2.24, 2.45) is 5.92 Å². The second-order valence-electron chi connectivity index (χ2n) is 4.09. The minimum absolute atomic E-state index is 0.559. The van der Waals surface area contributed by atoms with E-state index in [4.69, 9.17) is 11.6 Å². The van der Waals surface area contributed by atoms with E-state index >= 15 is 0 Å². The summed E-state index contributed by atoms with van der Waals surface area (Å²) in [5, 5.41) is 0.559. The van der Waals surface area contributed by atoms with E-state index in [1.165, 1.54) is 12.8 Å². The van der Waals surface area contributed by atoms with E-state index in [2.05, 4.69) is 32.8 Å². The zero-order valence-corrected chi connectivity index (χ0v) is 11.1. The van der Waals surface area contributed by atoms with Crippen LogP contribution in [0.5, 0.6) is 0 Å². The Morgan fingerprint density at radius 1 is 1.40 bits per heavy atom. The molecule has 1 fully saturated rings. The standard InChI is InChI=1S/C11H14BrClN2/c1-2-3-8-10(12)11(13)15-9(14-8)6-7-4-5-7/h7H,2-6H2,1H3. The SMILES string of the molecule is CCCc1nc(CC2CC2)nc(Cl)c1Br. The van der Waals surface area contributed by atoms with Crippen LogP contribution in [-0.2, 0) is 12.8 Å². The van der Waals surface area contributed by atoms with Crippen LogP contribution in [0, 0.1) is 5.92 Å². The maximum absolute atomic E-state index is 6.06.